The number of carbonyl (C=O) groups is 3. The van der Waals surface area contributed by atoms with Crippen molar-refractivity contribution in [2.24, 2.45) is 0 Å². The van der Waals surface area contributed by atoms with Crippen LogP contribution in [-0.4, -0.2) is 53.7 Å². The van der Waals surface area contributed by atoms with Gasteiger partial charge in [0.2, 0.25) is 5.91 Å². The summed E-state index contributed by atoms with van der Waals surface area (Å²) in [6.07, 6.45) is 9.60. The first-order valence-corrected chi connectivity index (χ1v) is 9.95. The van der Waals surface area contributed by atoms with Gasteiger partial charge in [-0.25, -0.2) is 4.79 Å². The molecule has 2 aromatic carbocycles. The maximum Gasteiger partial charge on any atom is 0.407 e. The Morgan fingerprint density at radius 1 is 1.03 bits per heavy atom. The zero-order chi connectivity index (χ0) is 23.1. The summed E-state index contributed by atoms with van der Waals surface area (Å²) in [6, 6.07) is 14.7. The van der Waals surface area contributed by atoms with Gasteiger partial charge in [-0.05, 0) is 22.3 Å². The van der Waals surface area contributed by atoms with Crippen LogP contribution in [-0.2, 0) is 14.3 Å². The fourth-order valence-corrected chi connectivity index (χ4v) is 3.81. The molecule has 0 bridgehead atoms. The molecule has 0 aromatic heterocycles. The van der Waals surface area contributed by atoms with Crippen LogP contribution in [0.25, 0.3) is 11.1 Å². The summed E-state index contributed by atoms with van der Waals surface area (Å²) < 4.78 is 5.44. The average molecular weight is 430 g/mol. The number of hydrogen-bond donors (Lipinski definition) is 2. The van der Waals surface area contributed by atoms with E-state index in [-0.39, 0.29) is 25.5 Å². The first kappa shape index (κ1) is 22.5. The summed E-state index contributed by atoms with van der Waals surface area (Å²) in [7, 11) is 0. The molecule has 7 heteroatoms. The maximum atomic E-state index is 12.7. The Labute approximate surface area is 186 Å². The molecule has 2 aromatic rings. The Hall–Kier alpha value is -4.23. The van der Waals surface area contributed by atoms with Gasteiger partial charge in [-0.2, -0.15) is 0 Å². The van der Waals surface area contributed by atoms with Crippen LogP contribution in [0.1, 0.15) is 23.5 Å². The smallest absolute Gasteiger partial charge is 0.407 e. The molecule has 0 aliphatic heterocycles. The predicted octanol–water partition coefficient (Wildman–Crippen LogP) is 2.46. The zero-order valence-electron chi connectivity index (χ0n) is 17.3. The average Bonchev–Trinajstić information content (AvgIpc) is 3.10. The number of carbonyl (C=O) groups excluding carboxylic acids is 2. The van der Waals surface area contributed by atoms with E-state index >= 15 is 0 Å². The van der Waals surface area contributed by atoms with Gasteiger partial charge in [-0.3, -0.25) is 9.59 Å². The van der Waals surface area contributed by atoms with Gasteiger partial charge in [0.25, 0.3) is 0 Å². The fourth-order valence-electron chi connectivity index (χ4n) is 3.81. The van der Waals surface area contributed by atoms with Gasteiger partial charge >= 0.3 is 12.1 Å². The molecule has 1 aliphatic carbocycles. The van der Waals surface area contributed by atoms with Crippen molar-refractivity contribution in [1.82, 2.24) is 10.2 Å². The molecule has 0 fully saturated rings. The van der Waals surface area contributed by atoms with Crippen LogP contribution in [0.4, 0.5) is 4.79 Å². The Balaban J connectivity index is 1.69. The molecular formula is C25H22N2O5. The minimum absolute atomic E-state index is 0.0695. The molecule has 162 valence electrons. The van der Waals surface area contributed by atoms with Gasteiger partial charge < -0.3 is 20.1 Å². The number of aliphatic carboxylic acids is 1. The standard InChI is InChI=1S/C25H22N2O5/c1-3-9-22(24(30)27(14-4-2)15-23(28)29)26-25(31)32-16-21-19-12-7-5-10-17(19)18-11-6-8-13-20(18)21/h1-2,5-8,10-13,21-22H,9,14-16H2,(H,26,31)(H,28,29). The zero-order valence-corrected chi connectivity index (χ0v) is 17.3. The Kier molecular flexibility index (Phi) is 7.15. The van der Waals surface area contributed by atoms with Gasteiger partial charge in [0.05, 0.1) is 6.54 Å². The van der Waals surface area contributed by atoms with Crippen molar-refractivity contribution in [2.75, 3.05) is 19.7 Å². The molecule has 0 heterocycles. The van der Waals surface area contributed by atoms with E-state index < -0.39 is 30.6 Å². The molecule has 1 aliphatic rings. The number of nitrogens with one attached hydrogen (secondary N) is 1. The third kappa shape index (κ3) is 4.91. The van der Waals surface area contributed by atoms with E-state index in [0.29, 0.717) is 0 Å². The van der Waals surface area contributed by atoms with E-state index in [2.05, 4.69) is 17.2 Å². The van der Waals surface area contributed by atoms with Crippen LogP contribution in [0.15, 0.2) is 48.5 Å². The molecule has 0 spiro atoms. The number of benzene rings is 2. The molecule has 2 N–H and O–H groups in total. The molecule has 1 unspecified atom stereocenters. The van der Waals surface area contributed by atoms with Crippen molar-refractivity contribution >= 4 is 18.0 Å². The van der Waals surface area contributed by atoms with Crippen LogP contribution in [0.3, 0.4) is 0 Å². The van der Waals surface area contributed by atoms with Gasteiger partial charge in [-0.15, -0.1) is 18.8 Å². The quantitative estimate of drug-likeness (QED) is 0.628. The van der Waals surface area contributed by atoms with Gasteiger partial charge in [0.15, 0.2) is 0 Å². The van der Waals surface area contributed by atoms with Crippen molar-refractivity contribution < 1.29 is 24.2 Å². The maximum absolute atomic E-state index is 12.7. The highest BCUT2D eigenvalue weighted by Crippen LogP contribution is 2.44. The second kappa shape index (κ2) is 10.2. The number of alkyl carbamates (subject to hydrolysis) is 1. The van der Waals surface area contributed by atoms with Crippen molar-refractivity contribution in [2.45, 2.75) is 18.4 Å². The highest BCUT2D eigenvalue weighted by atomic mass is 16.5. The highest BCUT2D eigenvalue weighted by Gasteiger charge is 2.30. The summed E-state index contributed by atoms with van der Waals surface area (Å²) in [4.78, 5) is 37.1. The molecule has 7 nitrogen and oxygen atoms in total. The van der Waals surface area contributed by atoms with Gasteiger partial charge in [0, 0.05) is 12.3 Å². The molecule has 2 amide bonds. The summed E-state index contributed by atoms with van der Waals surface area (Å²) in [5, 5.41) is 11.4. The van der Waals surface area contributed by atoms with Crippen LogP contribution >= 0.6 is 0 Å². The molecule has 3 rings (SSSR count). The Morgan fingerprint density at radius 3 is 2.16 bits per heavy atom. The minimum Gasteiger partial charge on any atom is -0.480 e. The first-order chi connectivity index (χ1) is 15.5. The van der Waals surface area contributed by atoms with Crippen molar-refractivity contribution in [3.63, 3.8) is 0 Å². The number of carboxylic acid groups (broad SMARTS) is 1. The van der Waals surface area contributed by atoms with Gasteiger partial charge in [-0.1, -0.05) is 54.5 Å². The number of ether oxygens (including phenoxy) is 1. The minimum atomic E-state index is -1.23. The third-order valence-corrected chi connectivity index (χ3v) is 5.18. The Morgan fingerprint density at radius 2 is 1.62 bits per heavy atom. The van der Waals surface area contributed by atoms with E-state index in [4.69, 9.17) is 22.7 Å². The highest BCUT2D eigenvalue weighted by molar-refractivity contribution is 5.88. The normalized spacial score (nSPS) is 12.4. The number of terminal acetylenes is 2. The summed E-state index contributed by atoms with van der Waals surface area (Å²) in [5.74, 6) is 2.49. The first-order valence-electron chi connectivity index (χ1n) is 9.95. The van der Waals surface area contributed by atoms with Crippen LogP contribution in [0, 0.1) is 24.7 Å². The monoisotopic (exact) mass is 430 g/mol. The van der Waals surface area contributed by atoms with Crippen molar-refractivity contribution in [3.05, 3.63) is 59.7 Å². The topological polar surface area (TPSA) is 95.9 Å². The number of hydrogen-bond acceptors (Lipinski definition) is 4. The van der Waals surface area contributed by atoms with E-state index in [0.717, 1.165) is 27.2 Å². The summed E-state index contributed by atoms with van der Waals surface area (Å²) in [6.45, 7) is -0.755. The number of rotatable bonds is 8. The number of fused-ring (bicyclic) bond motifs is 3. The van der Waals surface area contributed by atoms with E-state index in [1.54, 1.807) is 0 Å². The van der Waals surface area contributed by atoms with E-state index in [1.165, 1.54) is 0 Å². The van der Waals surface area contributed by atoms with Crippen molar-refractivity contribution in [3.8, 4) is 35.8 Å². The lowest BCUT2D eigenvalue weighted by atomic mass is 9.98. The second-order valence-electron chi connectivity index (χ2n) is 7.22. The molecular weight excluding hydrogens is 408 g/mol. The lowest BCUT2D eigenvalue weighted by Gasteiger charge is -2.24. The van der Waals surface area contributed by atoms with Crippen molar-refractivity contribution in [1.29, 1.82) is 0 Å². The van der Waals surface area contributed by atoms with Crippen LogP contribution < -0.4 is 5.32 Å². The molecule has 0 saturated heterocycles. The Bertz CT molecular complexity index is 1070. The lowest BCUT2D eigenvalue weighted by molar-refractivity contribution is -0.144. The lowest BCUT2D eigenvalue weighted by Crippen LogP contribution is -2.50. The summed E-state index contributed by atoms with van der Waals surface area (Å²) >= 11 is 0. The van der Waals surface area contributed by atoms with E-state index in [1.807, 2.05) is 48.5 Å². The number of carboxylic acids is 1. The van der Waals surface area contributed by atoms with Gasteiger partial charge in [0.1, 0.15) is 19.2 Å². The fraction of sp³-hybridized carbons (Fsp3) is 0.240. The molecule has 0 radical (unpaired) electrons. The van der Waals surface area contributed by atoms with Crippen LogP contribution in [0.2, 0.25) is 0 Å². The summed E-state index contributed by atoms with van der Waals surface area (Å²) in [5.41, 5.74) is 4.30. The third-order valence-electron chi connectivity index (χ3n) is 5.18. The second-order valence-corrected chi connectivity index (χ2v) is 7.22. The SMILES string of the molecule is C#CCC(NC(=O)OCC1c2ccccc2-c2ccccc21)C(=O)N(CC#C)CC(=O)O. The molecule has 1 atom stereocenters. The number of amides is 2. The molecule has 32 heavy (non-hydrogen) atoms. The predicted molar refractivity (Wildman–Crippen MR) is 118 cm³/mol. The largest absolute Gasteiger partial charge is 0.480 e. The molecule has 0 saturated carbocycles. The van der Waals surface area contributed by atoms with Crippen LogP contribution in [0.5, 0.6) is 0 Å². The number of nitrogens with zero attached hydrogens (tertiary/aromatic N) is 1. The van der Waals surface area contributed by atoms with E-state index in [9.17, 15) is 14.4 Å².